The maximum Gasteiger partial charge on any atom is 0.317 e. The number of hydrogen-bond acceptors (Lipinski definition) is 3. The van der Waals surface area contributed by atoms with Crippen molar-refractivity contribution in [3.8, 4) is 5.69 Å². The van der Waals surface area contributed by atoms with Crippen molar-refractivity contribution in [1.29, 1.82) is 0 Å². The fourth-order valence-electron chi connectivity index (χ4n) is 4.15. The van der Waals surface area contributed by atoms with E-state index < -0.39 is 0 Å². The third-order valence-corrected chi connectivity index (χ3v) is 7.18. The SMILES string of the molecule is O=C(NCCc1cnn(-c2ccccc2)c1)N1CCSC2(CCCCC2)C1. The van der Waals surface area contributed by atoms with Gasteiger partial charge in [-0.3, -0.25) is 0 Å². The van der Waals surface area contributed by atoms with E-state index in [0.29, 0.717) is 11.3 Å². The van der Waals surface area contributed by atoms with Gasteiger partial charge in [-0.15, -0.1) is 0 Å². The van der Waals surface area contributed by atoms with Gasteiger partial charge in [0.25, 0.3) is 0 Å². The van der Waals surface area contributed by atoms with E-state index in [4.69, 9.17) is 0 Å². The molecule has 0 radical (unpaired) electrons. The molecule has 1 N–H and O–H groups in total. The Bertz CT molecular complexity index is 749. The Morgan fingerprint density at radius 3 is 2.81 bits per heavy atom. The number of benzene rings is 1. The lowest BCUT2D eigenvalue weighted by Gasteiger charge is -2.44. The van der Waals surface area contributed by atoms with Crippen LogP contribution < -0.4 is 5.32 Å². The first-order valence-electron chi connectivity index (χ1n) is 10.00. The average molecular weight is 385 g/mol. The highest BCUT2D eigenvalue weighted by Gasteiger charge is 2.38. The number of para-hydroxylation sites is 1. The van der Waals surface area contributed by atoms with Crippen LogP contribution in [0.4, 0.5) is 4.79 Å². The molecule has 1 aromatic carbocycles. The largest absolute Gasteiger partial charge is 0.338 e. The minimum Gasteiger partial charge on any atom is -0.338 e. The zero-order valence-electron chi connectivity index (χ0n) is 15.8. The van der Waals surface area contributed by atoms with Crippen LogP contribution >= 0.6 is 11.8 Å². The molecule has 1 aliphatic carbocycles. The molecule has 2 amide bonds. The minimum absolute atomic E-state index is 0.0932. The Morgan fingerprint density at radius 1 is 1.19 bits per heavy atom. The number of urea groups is 1. The zero-order valence-corrected chi connectivity index (χ0v) is 16.6. The number of amides is 2. The van der Waals surface area contributed by atoms with E-state index in [0.717, 1.165) is 36.5 Å². The van der Waals surface area contributed by atoms with Crippen LogP contribution in [0.1, 0.15) is 37.7 Å². The van der Waals surface area contributed by atoms with Gasteiger partial charge in [0.15, 0.2) is 0 Å². The molecule has 0 unspecified atom stereocenters. The second kappa shape index (κ2) is 8.38. The fraction of sp³-hybridized carbons (Fsp3) is 0.524. The standard InChI is InChI=1S/C21H28N4OS/c26-20(24-13-14-27-21(17-24)10-5-2-6-11-21)22-12-9-18-15-23-25(16-18)19-7-3-1-4-8-19/h1,3-4,7-8,15-16H,2,5-6,9-14,17H2,(H,22,26). The predicted octanol–water partition coefficient (Wildman–Crippen LogP) is 3.88. The van der Waals surface area contributed by atoms with Crippen LogP contribution in [0.5, 0.6) is 0 Å². The van der Waals surface area contributed by atoms with E-state index >= 15 is 0 Å². The number of carbonyl (C=O) groups excluding carboxylic acids is 1. The topological polar surface area (TPSA) is 50.2 Å². The molecule has 0 bridgehead atoms. The lowest BCUT2D eigenvalue weighted by atomic mass is 9.87. The van der Waals surface area contributed by atoms with Crippen molar-refractivity contribution in [3.05, 3.63) is 48.3 Å². The molecule has 27 heavy (non-hydrogen) atoms. The molecule has 1 aromatic heterocycles. The first-order valence-corrected chi connectivity index (χ1v) is 11.0. The zero-order chi connectivity index (χ0) is 18.5. The van der Waals surface area contributed by atoms with Crippen LogP contribution in [-0.4, -0.2) is 50.8 Å². The number of hydrogen-bond donors (Lipinski definition) is 1. The van der Waals surface area contributed by atoms with Crippen molar-refractivity contribution < 1.29 is 4.79 Å². The molecule has 5 nitrogen and oxygen atoms in total. The van der Waals surface area contributed by atoms with Gasteiger partial charge in [0, 0.05) is 36.3 Å². The van der Waals surface area contributed by atoms with Crippen LogP contribution in [0.3, 0.4) is 0 Å². The van der Waals surface area contributed by atoms with E-state index in [1.807, 2.05) is 52.3 Å². The molecule has 2 aromatic rings. The Balaban J connectivity index is 1.27. The summed E-state index contributed by atoms with van der Waals surface area (Å²) in [6, 6.07) is 10.2. The first-order chi connectivity index (χ1) is 13.2. The van der Waals surface area contributed by atoms with Gasteiger partial charge < -0.3 is 10.2 Å². The molecular formula is C21H28N4OS. The van der Waals surface area contributed by atoms with Gasteiger partial charge >= 0.3 is 6.03 Å². The highest BCUT2D eigenvalue weighted by molar-refractivity contribution is 8.00. The Hall–Kier alpha value is -1.95. The lowest BCUT2D eigenvalue weighted by Crippen LogP contribution is -2.53. The van der Waals surface area contributed by atoms with Crippen LogP contribution in [0.25, 0.3) is 5.69 Å². The predicted molar refractivity (Wildman–Crippen MR) is 111 cm³/mol. The highest BCUT2D eigenvalue weighted by atomic mass is 32.2. The van der Waals surface area contributed by atoms with Crippen LogP contribution in [0, 0.1) is 0 Å². The summed E-state index contributed by atoms with van der Waals surface area (Å²) >= 11 is 2.10. The van der Waals surface area contributed by atoms with Crippen LogP contribution in [0.15, 0.2) is 42.7 Å². The van der Waals surface area contributed by atoms with E-state index in [2.05, 4.69) is 22.2 Å². The molecule has 144 valence electrons. The molecule has 1 spiro atoms. The molecule has 1 saturated carbocycles. The smallest absolute Gasteiger partial charge is 0.317 e. The maximum atomic E-state index is 12.6. The summed E-state index contributed by atoms with van der Waals surface area (Å²) in [6.45, 7) is 2.43. The molecular weight excluding hydrogens is 356 g/mol. The van der Waals surface area contributed by atoms with Gasteiger partial charge in [0.1, 0.15) is 0 Å². The van der Waals surface area contributed by atoms with Crippen LogP contribution in [-0.2, 0) is 6.42 Å². The highest BCUT2D eigenvalue weighted by Crippen LogP contribution is 2.42. The summed E-state index contributed by atoms with van der Waals surface area (Å²) in [5.41, 5.74) is 2.19. The lowest BCUT2D eigenvalue weighted by molar-refractivity contribution is 0.185. The first kappa shape index (κ1) is 18.4. The third kappa shape index (κ3) is 4.49. The summed E-state index contributed by atoms with van der Waals surface area (Å²) in [6.07, 6.45) is 11.2. The number of aromatic nitrogens is 2. The number of carbonyl (C=O) groups is 1. The van der Waals surface area contributed by atoms with Gasteiger partial charge in [-0.05, 0) is 37.0 Å². The molecule has 2 fully saturated rings. The Kier molecular flexibility index (Phi) is 5.72. The summed E-state index contributed by atoms with van der Waals surface area (Å²) < 4.78 is 2.20. The number of nitrogens with one attached hydrogen (secondary N) is 1. The second-order valence-corrected chi connectivity index (χ2v) is 9.19. The summed E-state index contributed by atoms with van der Waals surface area (Å²) in [7, 11) is 0. The van der Waals surface area contributed by atoms with Crippen molar-refractivity contribution >= 4 is 17.8 Å². The molecule has 2 aliphatic rings. The van der Waals surface area contributed by atoms with Gasteiger partial charge in [-0.2, -0.15) is 16.9 Å². The third-order valence-electron chi connectivity index (χ3n) is 5.65. The number of rotatable bonds is 4. The van der Waals surface area contributed by atoms with Gasteiger partial charge in [0.2, 0.25) is 0 Å². The molecule has 6 heteroatoms. The number of nitrogens with zero attached hydrogens (tertiary/aromatic N) is 3. The van der Waals surface area contributed by atoms with E-state index in [-0.39, 0.29) is 6.03 Å². The van der Waals surface area contributed by atoms with Crippen molar-refractivity contribution in [1.82, 2.24) is 20.0 Å². The molecule has 0 atom stereocenters. The molecule has 2 heterocycles. The summed E-state index contributed by atoms with van der Waals surface area (Å²) in [5, 5.41) is 7.53. The molecule has 4 rings (SSSR count). The van der Waals surface area contributed by atoms with Gasteiger partial charge in [0.05, 0.1) is 11.9 Å². The second-order valence-electron chi connectivity index (χ2n) is 7.62. The van der Waals surface area contributed by atoms with Crippen LogP contribution in [0.2, 0.25) is 0 Å². The molecule has 1 aliphatic heterocycles. The summed E-state index contributed by atoms with van der Waals surface area (Å²) in [5.74, 6) is 1.07. The normalized spacial score (nSPS) is 19.2. The minimum atomic E-state index is 0.0932. The fourth-order valence-corrected chi connectivity index (χ4v) is 5.72. The number of thioether (sulfide) groups is 1. The summed E-state index contributed by atoms with van der Waals surface area (Å²) in [4.78, 5) is 14.7. The maximum absolute atomic E-state index is 12.6. The quantitative estimate of drug-likeness (QED) is 0.870. The van der Waals surface area contributed by atoms with Gasteiger partial charge in [-0.25, -0.2) is 9.48 Å². The van der Waals surface area contributed by atoms with Gasteiger partial charge in [-0.1, -0.05) is 37.5 Å². The van der Waals surface area contributed by atoms with E-state index in [1.54, 1.807) is 0 Å². The molecule has 1 saturated heterocycles. The van der Waals surface area contributed by atoms with E-state index in [9.17, 15) is 4.79 Å². The van der Waals surface area contributed by atoms with E-state index in [1.165, 1.54) is 32.1 Å². The van der Waals surface area contributed by atoms with Crippen molar-refractivity contribution in [2.24, 2.45) is 0 Å². The van der Waals surface area contributed by atoms with Crippen molar-refractivity contribution in [3.63, 3.8) is 0 Å². The van der Waals surface area contributed by atoms with Crippen molar-refractivity contribution in [2.75, 3.05) is 25.4 Å². The van der Waals surface area contributed by atoms with Crippen molar-refractivity contribution in [2.45, 2.75) is 43.3 Å². The Labute approximate surface area is 165 Å². The average Bonchev–Trinajstić information content (AvgIpc) is 3.18. The Morgan fingerprint density at radius 2 is 2.00 bits per heavy atom. The monoisotopic (exact) mass is 384 g/mol.